The number of aryl methyl sites for hydroxylation is 2. The van der Waals surface area contributed by atoms with Crippen LogP contribution in [0.1, 0.15) is 16.1 Å². The van der Waals surface area contributed by atoms with Crippen LogP contribution in [0.3, 0.4) is 0 Å². The number of thioether (sulfide) groups is 1. The number of Topliss-reactive ketones (excluding diaryl/α,β-unsaturated/α-hetero) is 1. The molecule has 0 bridgehead atoms. The highest BCUT2D eigenvalue weighted by atomic mass is 32.2. The molecule has 0 saturated carbocycles. The summed E-state index contributed by atoms with van der Waals surface area (Å²) in [6.07, 6.45) is 1.85. The van der Waals surface area contributed by atoms with Crippen LogP contribution in [0.25, 0.3) is 22.4 Å². The number of benzene rings is 2. The SMILES string of the molecule is Cc1ccc(-n2c(=O)c3ccccc3n3c(SCC(=O)c4cccn4C)nnc23)cc1. The van der Waals surface area contributed by atoms with Gasteiger partial charge in [-0.1, -0.05) is 41.6 Å². The topological polar surface area (TPSA) is 74.2 Å². The van der Waals surface area contributed by atoms with Crippen LogP contribution in [-0.2, 0) is 7.05 Å². The van der Waals surface area contributed by atoms with E-state index in [9.17, 15) is 9.59 Å². The number of hydrogen-bond donors (Lipinski definition) is 0. The van der Waals surface area contributed by atoms with E-state index in [0.717, 1.165) is 11.3 Å². The summed E-state index contributed by atoms with van der Waals surface area (Å²) < 4.78 is 5.21. The number of fused-ring (bicyclic) bond motifs is 3. The van der Waals surface area contributed by atoms with Crippen molar-refractivity contribution in [1.82, 2.24) is 23.7 Å². The normalized spacial score (nSPS) is 11.4. The van der Waals surface area contributed by atoms with E-state index in [1.807, 2.05) is 73.1 Å². The summed E-state index contributed by atoms with van der Waals surface area (Å²) in [5.74, 6) is 0.642. The Morgan fingerprint density at radius 2 is 1.77 bits per heavy atom. The van der Waals surface area contributed by atoms with Crippen molar-refractivity contribution >= 4 is 34.2 Å². The third-order valence-electron chi connectivity index (χ3n) is 5.25. The first kappa shape index (κ1) is 19.3. The summed E-state index contributed by atoms with van der Waals surface area (Å²) >= 11 is 1.31. The largest absolute Gasteiger partial charge is 0.348 e. The Morgan fingerprint density at radius 3 is 2.52 bits per heavy atom. The monoisotopic (exact) mass is 429 g/mol. The number of aromatic nitrogens is 5. The molecular weight excluding hydrogens is 410 g/mol. The lowest BCUT2D eigenvalue weighted by Gasteiger charge is -2.11. The highest BCUT2D eigenvalue weighted by Crippen LogP contribution is 2.24. The predicted molar refractivity (Wildman–Crippen MR) is 121 cm³/mol. The van der Waals surface area contributed by atoms with Gasteiger partial charge in [0.1, 0.15) is 0 Å². The molecule has 0 saturated heterocycles. The number of rotatable bonds is 5. The summed E-state index contributed by atoms with van der Waals surface area (Å²) in [5.41, 5.74) is 3.02. The predicted octanol–water partition coefficient (Wildman–Crippen LogP) is 3.66. The maximum atomic E-state index is 13.3. The van der Waals surface area contributed by atoms with Crippen LogP contribution in [-0.4, -0.2) is 35.3 Å². The molecule has 0 amide bonds. The highest BCUT2D eigenvalue weighted by molar-refractivity contribution is 7.99. The van der Waals surface area contributed by atoms with Gasteiger partial charge in [0.25, 0.3) is 5.56 Å². The number of ketones is 1. The van der Waals surface area contributed by atoms with E-state index in [1.165, 1.54) is 11.8 Å². The molecule has 2 aromatic carbocycles. The average Bonchev–Trinajstić information content (AvgIpc) is 3.40. The zero-order valence-corrected chi connectivity index (χ0v) is 17.8. The third-order valence-corrected chi connectivity index (χ3v) is 6.18. The first-order valence-corrected chi connectivity index (χ1v) is 10.8. The second-order valence-corrected chi connectivity index (χ2v) is 8.27. The van der Waals surface area contributed by atoms with Gasteiger partial charge < -0.3 is 4.57 Å². The van der Waals surface area contributed by atoms with Crippen molar-refractivity contribution in [3.8, 4) is 5.69 Å². The van der Waals surface area contributed by atoms with Gasteiger partial charge in [-0.15, -0.1) is 10.2 Å². The van der Waals surface area contributed by atoms with Crippen molar-refractivity contribution in [1.29, 1.82) is 0 Å². The van der Waals surface area contributed by atoms with Crippen LogP contribution < -0.4 is 5.56 Å². The maximum absolute atomic E-state index is 13.3. The molecule has 5 aromatic rings. The fourth-order valence-corrected chi connectivity index (χ4v) is 4.47. The van der Waals surface area contributed by atoms with Crippen molar-refractivity contribution in [2.75, 3.05) is 5.75 Å². The van der Waals surface area contributed by atoms with Crippen LogP contribution in [0, 0.1) is 6.92 Å². The smallest absolute Gasteiger partial charge is 0.267 e. The summed E-state index contributed by atoms with van der Waals surface area (Å²) in [4.78, 5) is 26.0. The standard InChI is InChI=1S/C23H19N5O2S/c1-15-9-11-16(12-10-15)27-21(30)17-6-3-4-7-18(17)28-22(27)24-25-23(28)31-14-20(29)19-8-5-13-26(19)2/h3-13H,14H2,1-2H3. The van der Waals surface area contributed by atoms with Gasteiger partial charge in [-0.2, -0.15) is 0 Å². The molecule has 0 aliphatic heterocycles. The van der Waals surface area contributed by atoms with E-state index in [1.54, 1.807) is 21.3 Å². The third kappa shape index (κ3) is 3.25. The van der Waals surface area contributed by atoms with Crippen LogP contribution in [0.4, 0.5) is 0 Å². The molecule has 154 valence electrons. The Kier molecular flexibility index (Phi) is 4.71. The Hall–Kier alpha value is -3.65. The van der Waals surface area contributed by atoms with Crippen LogP contribution >= 0.6 is 11.8 Å². The van der Waals surface area contributed by atoms with Gasteiger partial charge >= 0.3 is 0 Å². The van der Waals surface area contributed by atoms with Crippen molar-refractivity contribution in [2.45, 2.75) is 12.1 Å². The van der Waals surface area contributed by atoms with E-state index in [-0.39, 0.29) is 17.1 Å². The molecule has 0 aliphatic rings. The number of para-hydroxylation sites is 1. The molecule has 0 radical (unpaired) electrons. The first-order valence-electron chi connectivity index (χ1n) is 9.78. The molecule has 0 unspecified atom stereocenters. The molecule has 0 N–H and O–H groups in total. The molecule has 31 heavy (non-hydrogen) atoms. The Bertz CT molecular complexity index is 1490. The minimum absolute atomic E-state index is 0.00501. The van der Waals surface area contributed by atoms with Gasteiger partial charge in [0.15, 0.2) is 10.9 Å². The number of carbonyl (C=O) groups excluding carboxylic acids is 1. The summed E-state index contributed by atoms with van der Waals surface area (Å²) in [6, 6.07) is 18.7. The molecule has 0 fully saturated rings. The van der Waals surface area contributed by atoms with Gasteiger partial charge in [-0.3, -0.25) is 14.0 Å². The zero-order valence-electron chi connectivity index (χ0n) is 17.0. The first-order chi connectivity index (χ1) is 15.0. The van der Waals surface area contributed by atoms with Gasteiger partial charge in [0.05, 0.1) is 28.0 Å². The molecular formula is C23H19N5O2S. The van der Waals surface area contributed by atoms with E-state index < -0.39 is 0 Å². The number of carbonyl (C=O) groups is 1. The Labute approximate surface area is 182 Å². The van der Waals surface area contributed by atoms with Gasteiger partial charge in [0, 0.05) is 13.2 Å². The van der Waals surface area contributed by atoms with Crippen molar-refractivity contribution < 1.29 is 4.79 Å². The lowest BCUT2D eigenvalue weighted by atomic mass is 10.2. The average molecular weight is 430 g/mol. The van der Waals surface area contributed by atoms with Gasteiger partial charge in [-0.05, 0) is 43.3 Å². The van der Waals surface area contributed by atoms with E-state index >= 15 is 0 Å². The number of hydrogen-bond acceptors (Lipinski definition) is 5. The van der Waals surface area contributed by atoms with Crippen molar-refractivity contribution in [3.05, 3.63) is 88.5 Å². The van der Waals surface area contributed by atoms with Crippen molar-refractivity contribution in [2.24, 2.45) is 7.05 Å². The second kappa shape index (κ2) is 7.55. The number of nitrogens with zero attached hydrogens (tertiary/aromatic N) is 5. The molecule has 0 spiro atoms. The van der Waals surface area contributed by atoms with E-state index in [2.05, 4.69) is 10.2 Å². The minimum Gasteiger partial charge on any atom is -0.348 e. The van der Waals surface area contributed by atoms with Crippen LogP contribution in [0.5, 0.6) is 0 Å². The van der Waals surface area contributed by atoms with E-state index in [4.69, 9.17) is 0 Å². The minimum atomic E-state index is -0.157. The van der Waals surface area contributed by atoms with Crippen LogP contribution in [0.2, 0.25) is 0 Å². The van der Waals surface area contributed by atoms with E-state index in [0.29, 0.717) is 27.5 Å². The summed E-state index contributed by atoms with van der Waals surface area (Å²) in [5, 5.41) is 9.77. The lowest BCUT2D eigenvalue weighted by Crippen LogP contribution is -2.21. The summed E-state index contributed by atoms with van der Waals surface area (Å²) in [6.45, 7) is 2.00. The molecule has 3 heterocycles. The van der Waals surface area contributed by atoms with Crippen LogP contribution in [0.15, 0.2) is 76.8 Å². The van der Waals surface area contributed by atoms with Gasteiger partial charge in [0.2, 0.25) is 5.78 Å². The molecule has 3 aromatic heterocycles. The summed E-state index contributed by atoms with van der Waals surface area (Å²) in [7, 11) is 1.85. The zero-order chi connectivity index (χ0) is 21.5. The highest BCUT2D eigenvalue weighted by Gasteiger charge is 2.19. The molecule has 5 rings (SSSR count). The molecule has 0 atom stereocenters. The molecule has 8 heteroatoms. The fraction of sp³-hybridized carbons (Fsp3) is 0.130. The molecule has 0 aliphatic carbocycles. The lowest BCUT2D eigenvalue weighted by molar-refractivity contribution is 0.101. The molecule has 7 nitrogen and oxygen atoms in total. The second-order valence-electron chi connectivity index (χ2n) is 7.33. The fourth-order valence-electron chi connectivity index (χ4n) is 3.65. The van der Waals surface area contributed by atoms with Gasteiger partial charge in [-0.25, -0.2) is 4.57 Å². The quantitative estimate of drug-likeness (QED) is 0.315. The van der Waals surface area contributed by atoms with Crippen molar-refractivity contribution in [3.63, 3.8) is 0 Å². The maximum Gasteiger partial charge on any atom is 0.267 e. The Balaban J connectivity index is 1.66. The Morgan fingerprint density at radius 1 is 1.00 bits per heavy atom.